The maximum absolute atomic E-state index is 12.9. The highest BCUT2D eigenvalue weighted by molar-refractivity contribution is 7.89. The van der Waals surface area contributed by atoms with Crippen LogP contribution in [0.1, 0.15) is 30.1 Å². The molecule has 1 aliphatic rings. The molecule has 0 atom stereocenters. The topological polar surface area (TPSA) is 142 Å². The standard InChI is InChI=1S/C20H23N5O5S/c1-12-18(13(2)30-24-12)31(27,28)25-9-7-14(8-10-25)20(26)29-11-17-22-16-6-4-3-5-15(16)19(21)23-17/h3-6,14H,7-11H2,1-2H3,(H2,21,22,23). The molecule has 1 aromatic carbocycles. The van der Waals surface area contributed by atoms with Crippen LogP contribution in [0.15, 0.2) is 33.7 Å². The molecule has 2 aromatic heterocycles. The molecule has 31 heavy (non-hydrogen) atoms. The minimum atomic E-state index is -3.72. The molecule has 0 aliphatic carbocycles. The number of benzene rings is 1. The third-order valence-electron chi connectivity index (χ3n) is 5.38. The molecule has 0 spiro atoms. The summed E-state index contributed by atoms with van der Waals surface area (Å²) in [6, 6.07) is 7.33. The molecule has 2 N–H and O–H groups in total. The lowest BCUT2D eigenvalue weighted by atomic mass is 9.98. The van der Waals surface area contributed by atoms with Crippen LogP contribution in [-0.2, 0) is 26.2 Å². The van der Waals surface area contributed by atoms with Crippen molar-refractivity contribution in [3.8, 4) is 0 Å². The quantitative estimate of drug-likeness (QED) is 0.583. The number of nitrogen functional groups attached to an aromatic ring is 1. The summed E-state index contributed by atoms with van der Waals surface area (Å²) in [6.45, 7) is 3.50. The third-order valence-corrected chi connectivity index (χ3v) is 7.52. The van der Waals surface area contributed by atoms with Gasteiger partial charge in [-0.25, -0.2) is 18.4 Å². The van der Waals surface area contributed by atoms with Crippen molar-refractivity contribution >= 4 is 32.7 Å². The second-order valence-corrected chi connectivity index (χ2v) is 9.36. The number of piperidine rings is 1. The van der Waals surface area contributed by atoms with Gasteiger partial charge in [-0.3, -0.25) is 4.79 Å². The number of aromatic nitrogens is 3. The molecule has 0 unspecified atom stereocenters. The predicted octanol–water partition coefficient (Wildman–Crippen LogP) is 1.96. The number of fused-ring (bicyclic) bond motifs is 1. The number of nitrogens with zero attached hydrogens (tertiary/aromatic N) is 4. The molecule has 10 nitrogen and oxygen atoms in total. The van der Waals surface area contributed by atoms with Crippen molar-refractivity contribution in [2.24, 2.45) is 5.92 Å². The fourth-order valence-corrected chi connectivity index (χ4v) is 5.53. The Hall–Kier alpha value is -3.05. The lowest BCUT2D eigenvalue weighted by Gasteiger charge is -2.29. The Morgan fingerprint density at radius 1 is 1.23 bits per heavy atom. The van der Waals surface area contributed by atoms with Gasteiger partial charge >= 0.3 is 5.97 Å². The van der Waals surface area contributed by atoms with Gasteiger partial charge < -0.3 is 15.0 Å². The summed E-state index contributed by atoms with van der Waals surface area (Å²) in [5.41, 5.74) is 6.97. The van der Waals surface area contributed by atoms with E-state index in [-0.39, 0.29) is 30.4 Å². The van der Waals surface area contributed by atoms with Gasteiger partial charge in [0.15, 0.2) is 18.2 Å². The summed E-state index contributed by atoms with van der Waals surface area (Å²) in [5.74, 6) is 0.116. The number of carbonyl (C=O) groups excluding carboxylic acids is 1. The van der Waals surface area contributed by atoms with Crippen LogP contribution in [0.2, 0.25) is 0 Å². The molecule has 11 heteroatoms. The van der Waals surface area contributed by atoms with E-state index in [9.17, 15) is 13.2 Å². The Bertz CT molecular complexity index is 1210. The first-order valence-corrected chi connectivity index (χ1v) is 11.3. The minimum Gasteiger partial charge on any atom is -0.457 e. The molecule has 0 saturated carbocycles. The van der Waals surface area contributed by atoms with Crippen molar-refractivity contribution in [1.29, 1.82) is 0 Å². The number of anilines is 1. The fourth-order valence-electron chi connectivity index (χ4n) is 3.77. The summed E-state index contributed by atoms with van der Waals surface area (Å²) < 4.78 is 37.5. The maximum atomic E-state index is 12.9. The highest BCUT2D eigenvalue weighted by atomic mass is 32.2. The maximum Gasteiger partial charge on any atom is 0.309 e. The summed E-state index contributed by atoms with van der Waals surface area (Å²) in [5, 5.41) is 4.46. The van der Waals surface area contributed by atoms with Gasteiger partial charge in [-0.05, 0) is 38.8 Å². The summed E-state index contributed by atoms with van der Waals surface area (Å²) in [4.78, 5) is 21.2. The number of para-hydroxylation sites is 1. The lowest BCUT2D eigenvalue weighted by molar-refractivity contribution is -0.151. The Morgan fingerprint density at radius 3 is 2.61 bits per heavy atom. The molecular formula is C20H23N5O5S. The smallest absolute Gasteiger partial charge is 0.309 e. The first-order valence-electron chi connectivity index (χ1n) is 9.88. The molecule has 0 radical (unpaired) electrons. The highest BCUT2D eigenvalue weighted by Gasteiger charge is 2.36. The van der Waals surface area contributed by atoms with Gasteiger partial charge in [0.1, 0.15) is 16.4 Å². The first kappa shape index (κ1) is 21.2. The first-order chi connectivity index (χ1) is 14.8. The monoisotopic (exact) mass is 445 g/mol. The SMILES string of the molecule is Cc1noc(C)c1S(=O)(=O)N1CCC(C(=O)OCc2nc(N)c3ccccc3n2)CC1. The molecule has 0 bridgehead atoms. The Morgan fingerprint density at radius 2 is 1.94 bits per heavy atom. The van der Waals surface area contributed by atoms with Crippen LogP contribution in [0.4, 0.5) is 5.82 Å². The third kappa shape index (κ3) is 4.10. The average Bonchev–Trinajstić information content (AvgIpc) is 3.11. The molecule has 164 valence electrons. The van der Waals surface area contributed by atoms with E-state index in [1.165, 1.54) is 4.31 Å². The Balaban J connectivity index is 1.37. The van der Waals surface area contributed by atoms with Crippen molar-refractivity contribution in [2.45, 2.75) is 38.2 Å². The van der Waals surface area contributed by atoms with Crippen LogP contribution >= 0.6 is 0 Å². The van der Waals surface area contributed by atoms with Crippen molar-refractivity contribution in [3.63, 3.8) is 0 Å². The molecule has 4 rings (SSSR count). The number of ether oxygens (including phenoxy) is 1. The van der Waals surface area contributed by atoms with Crippen LogP contribution in [0.5, 0.6) is 0 Å². The number of nitrogens with two attached hydrogens (primary N) is 1. The van der Waals surface area contributed by atoms with E-state index in [1.54, 1.807) is 13.8 Å². The van der Waals surface area contributed by atoms with Crippen molar-refractivity contribution in [3.05, 3.63) is 41.5 Å². The van der Waals surface area contributed by atoms with E-state index >= 15 is 0 Å². The normalized spacial score (nSPS) is 15.9. The van der Waals surface area contributed by atoms with Crippen molar-refractivity contribution in [1.82, 2.24) is 19.4 Å². The number of sulfonamides is 1. The fraction of sp³-hybridized carbons (Fsp3) is 0.400. The zero-order valence-electron chi connectivity index (χ0n) is 17.2. The van der Waals surface area contributed by atoms with Gasteiger partial charge in [-0.1, -0.05) is 17.3 Å². The molecule has 3 aromatic rings. The van der Waals surface area contributed by atoms with Gasteiger partial charge in [0.25, 0.3) is 0 Å². The zero-order valence-corrected chi connectivity index (χ0v) is 18.1. The second-order valence-electron chi connectivity index (χ2n) is 7.48. The Labute approximate surface area is 179 Å². The Kier molecular flexibility index (Phi) is 5.63. The molecule has 1 saturated heterocycles. The van der Waals surface area contributed by atoms with E-state index in [1.807, 2.05) is 24.3 Å². The predicted molar refractivity (Wildman–Crippen MR) is 111 cm³/mol. The average molecular weight is 446 g/mol. The minimum absolute atomic E-state index is 0.0918. The number of aryl methyl sites for hydroxylation is 2. The van der Waals surface area contributed by atoms with Gasteiger partial charge in [-0.2, -0.15) is 4.31 Å². The molecule has 1 fully saturated rings. The van der Waals surface area contributed by atoms with Crippen molar-refractivity contribution < 1.29 is 22.5 Å². The number of hydrogen-bond acceptors (Lipinski definition) is 9. The number of esters is 1. The summed E-state index contributed by atoms with van der Waals surface area (Å²) >= 11 is 0. The number of hydrogen-bond donors (Lipinski definition) is 1. The zero-order chi connectivity index (χ0) is 22.2. The number of rotatable bonds is 5. The van der Waals surface area contributed by atoms with Crippen LogP contribution in [0, 0.1) is 19.8 Å². The van der Waals surface area contributed by atoms with E-state index in [0.717, 1.165) is 5.39 Å². The van der Waals surface area contributed by atoms with Crippen LogP contribution in [-0.4, -0.2) is 46.9 Å². The molecule has 0 amide bonds. The van der Waals surface area contributed by atoms with Crippen LogP contribution < -0.4 is 5.73 Å². The summed E-state index contributed by atoms with van der Waals surface area (Å²) in [7, 11) is -3.72. The summed E-state index contributed by atoms with van der Waals surface area (Å²) in [6.07, 6.45) is 0.726. The largest absolute Gasteiger partial charge is 0.457 e. The molecular weight excluding hydrogens is 422 g/mol. The van der Waals surface area contributed by atoms with Crippen LogP contribution in [0.25, 0.3) is 10.9 Å². The van der Waals surface area contributed by atoms with Gasteiger partial charge in [-0.15, -0.1) is 0 Å². The van der Waals surface area contributed by atoms with E-state index < -0.39 is 21.9 Å². The highest BCUT2D eigenvalue weighted by Crippen LogP contribution is 2.28. The molecule has 1 aliphatic heterocycles. The van der Waals surface area contributed by atoms with Gasteiger partial charge in [0.2, 0.25) is 10.0 Å². The molecule has 3 heterocycles. The second kappa shape index (κ2) is 8.23. The van der Waals surface area contributed by atoms with E-state index in [4.69, 9.17) is 15.0 Å². The lowest BCUT2D eigenvalue weighted by Crippen LogP contribution is -2.40. The number of carbonyl (C=O) groups is 1. The van der Waals surface area contributed by atoms with E-state index in [2.05, 4.69) is 15.1 Å². The van der Waals surface area contributed by atoms with Gasteiger partial charge in [0, 0.05) is 18.5 Å². The van der Waals surface area contributed by atoms with Crippen molar-refractivity contribution in [2.75, 3.05) is 18.8 Å². The van der Waals surface area contributed by atoms with E-state index in [0.29, 0.717) is 35.7 Å². The van der Waals surface area contributed by atoms with Gasteiger partial charge in [0.05, 0.1) is 11.4 Å². The van der Waals surface area contributed by atoms with Crippen LogP contribution in [0.3, 0.4) is 0 Å².